The molecule has 2 aromatic rings. The quantitative estimate of drug-likeness (QED) is 0.871. The standard InChI is InChI=1S/C15H16N2O3/c1-9-12(6-7-20-9)15(19)16-11-3-4-13-10(8-11)2-5-14(18)17-13/h2,5-7,11H,3-4,8H2,1H3,(H,16,19)(H,17,18). The number of fused-ring (bicyclic) bond motifs is 1. The molecule has 0 saturated heterocycles. The van der Waals surface area contributed by atoms with Crippen molar-refractivity contribution in [2.24, 2.45) is 0 Å². The lowest BCUT2D eigenvalue weighted by Crippen LogP contribution is -2.39. The minimum Gasteiger partial charge on any atom is -0.469 e. The van der Waals surface area contributed by atoms with Gasteiger partial charge in [0.25, 0.3) is 5.91 Å². The van der Waals surface area contributed by atoms with E-state index in [1.54, 1.807) is 13.0 Å². The average Bonchev–Trinajstić information content (AvgIpc) is 2.85. The molecule has 1 unspecified atom stereocenters. The van der Waals surface area contributed by atoms with E-state index in [4.69, 9.17) is 4.42 Å². The maximum Gasteiger partial charge on any atom is 0.255 e. The predicted molar refractivity (Wildman–Crippen MR) is 73.8 cm³/mol. The first kappa shape index (κ1) is 12.7. The number of pyridine rings is 1. The number of carbonyl (C=O) groups is 1. The number of hydrogen-bond acceptors (Lipinski definition) is 3. The fourth-order valence-electron chi connectivity index (χ4n) is 2.65. The van der Waals surface area contributed by atoms with E-state index in [0.717, 1.165) is 30.5 Å². The Morgan fingerprint density at radius 1 is 1.40 bits per heavy atom. The summed E-state index contributed by atoms with van der Waals surface area (Å²) in [5.74, 6) is 0.525. The van der Waals surface area contributed by atoms with Gasteiger partial charge < -0.3 is 14.7 Å². The molecule has 2 N–H and O–H groups in total. The molecule has 0 aromatic carbocycles. The third kappa shape index (κ3) is 2.39. The average molecular weight is 272 g/mol. The molecule has 5 nitrogen and oxygen atoms in total. The van der Waals surface area contributed by atoms with E-state index >= 15 is 0 Å². The lowest BCUT2D eigenvalue weighted by Gasteiger charge is -2.25. The second-order valence-electron chi connectivity index (χ2n) is 5.13. The van der Waals surface area contributed by atoms with Gasteiger partial charge in [-0.05, 0) is 37.8 Å². The van der Waals surface area contributed by atoms with Crippen molar-refractivity contribution in [3.63, 3.8) is 0 Å². The van der Waals surface area contributed by atoms with E-state index in [2.05, 4.69) is 10.3 Å². The highest BCUT2D eigenvalue weighted by atomic mass is 16.3. The first-order chi connectivity index (χ1) is 9.63. The lowest BCUT2D eigenvalue weighted by atomic mass is 9.91. The molecule has 1 aliphatic rings. The summed E-state index contributed by atoms with van der Waals surface area (Å²) in [4.78, 5) is 26.2. The normalized spacial score (nSPS) is 17.6. The Labute approximate surface area is 116 Å². The third-order valence-electron chi connectivity index (χ3n) is 3.75. The van der Waals surface area contributed by atoms with E-state index in [0.29, 0.717) is 11.3 Å². The summed E-state index contributed by atoms with van der Waals surface area (Å²) in [6, 6.07) is 5.15. The molecular formula is C15H16N2O3. The van der Waals surface area contributed by atoms with Crippen molar-refractivity contribution in [2.75, 3.05) is 0 Å². The van der Waals surface area contributed by atoms with Crippen LogP contribution in [0.1, 0.15) is 33.8 Å². The van der Waals surface area contributed by atoms with Crippen LogP contribution in [0, 0.1) is 6.92 Å². The van der Waals surface area contributed by atoms with Crippen LogP contribution in [-0.4, -0.2) is 16.9 Å². The Morgan fingerprint density at radius 2 is 2.25 bits per heavy atom. The van der Waals surface area contributed by atoms with Crippen LogP contribution < -0.4 is 10.9 Å². The topological polar surface area (TPSA) is 75.1 Å². The molecule has 5 heteroatoms. The summed E-state index contributed by atoms with van der Waals surface area (Å²) in [5.41, 5.74) is 2.60. The number of rotatable bonds is 2. The first-order valence-electron chi connectivity index (χ1n) is 6.69. The highest BCUT2D eigenvalue weighted by molar-refractivity contribution is 5.95. The van der Waals surface area contributed by atoms with Gasteiger partial charge in [-0.15, -0.1) is 0 Å². The Morgan fingerprint density at radius 3 is 3.00 bits per heavy atom. The Hall–Kier alpha value is -2.30. The van der Waals surface area contributed by atoms with Gasteiger partial charge in [-0.25, -0.2) is 0 Å². The molecule has 1 aliphatic carbocycles. The molecule has 0 saturated carbocycles. The lowest BCUT2D eigenvalue weighted by molar-refractivity contribution is 0.0932. The smallest absolute Gasteiger partial charge is 0.255 e. The van der Waals surface area contributed by atoms with Gasteiger partial charge >= 0.3 is 0 Å². The van der Waals surface area contributed by atoms with Gasteiger partial charge in [0, 0.05) is 17.8 Å². The molecule has 2 aromatic heterocycles. The second-order valence-corrected chi connectivity index (χ2v) is 5.13. The minimum atomic E-state index is -0.103. The van der Waals surface area contributed by atoms with E-state index in [9.17, 15) is 9.59 Å². The van der Waals surface area contributed by atoms with Crippen molar-refractivity contribution in [1.82, 2.24) is 10.3 Å². The molecule has 0 bridgehead atoms. The number of nitrogens with one attached hydrogen (secondary N) is 2. The molecule has 2 heterocycles. The van der Waals surface area contributed by atoms with E-state index in [1.165, 1.54) is 12.3 Å². The molecule has 3 rings (SSSR count). The van der Waals surface area contributed by atoms with E-state index in [1.807, 2.05) is 6.07 Å². The number of H-pyrrole nitrogens is 1. The molecule has 0 fully saturated rings. The zero-order chi connectivity index (χ0) is 14.1. The Bertz CT molecular complexity index is 699. The van der Waals surface area contributed by atoms with Crippen LogP contribution >= 0.6 is 0 Å². The molecule has 20 heavy (non-hydrogen) atoms. The van der Waals surface area contributed by atoms with Crippen LogP contribution in [0.25, 0.3) is 0 Å². The maximum absolute atomic E-state index is 12.1. The van der Waals surface area contributed by atoms with Crippen molar-refractivity contribution < 1.29 is 9.21 Å². The fourth-order valence-corrected chi connectivity index (χ4v) is 2.65. The van der Waals surface area contributed by atoms with Crippen molar-refractivity contribution in [1.29, 1.82) is 0 Å². The zero-order valence-corrected chi connectivity index (χ0v) is 11.2. The number of hydrogen-bond donors (Lipinski definition) is 2. The van der Waals surface area contributed by atoms with Crippen LogP contribution in [0.5, 0.6) is 0 Å². The van der Waals surface area contributed by atoms with Crippen molar-refractivity contribution in [3.8, 4) is 0 Å². The molecular weight excluding hydrogens is 256 g/mol. The highest BCUT2D eigenvalue weighted by Crippen LogP contribution is 2.19. The second kappa shape index (κ2) is 5.00. The number of amides is 1. The third-order valence-corrected chi connectivity index (χ3v) is 3.75. The number of aromatic amines is 1. The molecule has 1 amide bonds. The van der Waals surface area contributed by atoms with Gasteiger partial charge in [-0.3, -0.25) is 9.59 Å². The summed E-state index contributed by atoms with van der Waals surface area (Å²) in [7, 11) is 0. The van der Waals surface area contributed by atoms with Crippen LogP contribution in [-0.2, 0) is 12.8 Å². The van der Waals surface area contributed by atoms with Crippen molar-refractivity contribution in [3.05, 3.63) is 57.4 Å². The first-order valence-corrected chi connectivity index (χ1v) is 6.69. The SMILES string of the molecule is Cc1occc1C(=O)NC1CCc2[nH]c(=O)ccc2C1. The van der Waals surface area contributed by atoms with Gasteiger partial charge in [-0.1, -0.05) is 6.07 Å². The summed E-state index contributed by atoms with van der Waals surface area (Å²) in [6.45, 7) is 1.77. The molecule has 0 aliphatic heterocycles. The molecule has 1 atom stereocenters. The van der Waals surface area contributed by atoms with E-state index in [-0.39, 0.29) is 17.5 Å². The largest absolute Gasteiger partial charge is 0.469 e. The number of carbonyl (C=O) groups excluding carboxylic acids is 1. The molecule has 104 valence electrons. The molecule has 0 spiro atoms. The Kier molecular flexibility index (Phi) is 3.18. The minimum absolute atomic E-state index is 0.0692. The zero-order valence-electron chi connectivity index (χ0n) is 11.2. The molecule has 0 radical (unpaired) electrons. The highest BCUT2D eigenvalue weighted by Gasteiger charge is 2.22. The van der Waals surface area contributed by atoms with Gasteiger partial charge in [0.1, 0.15) is 5.76 Å². The van der Waals surface area contributed by atoms with Gasteiger partial charge in [0.05, 0.1) is 11.8 Å². The van der Waals surface area contributed by atoms with Crippen molar-refractivity contribution in [2.45, 2.75) is 32.2 Å². The maximum atomic E-state index is 12.1. The van der Waals surface area contributed by atoms with Crippen LogP contribution in [0.4, 0.5) is 0 Å². The summed E-state index contributed by atoms with van der Waals surface area (Å²) in [6.07, 6.45) is 3.87. The van der Waals surface area contributed by atoms with Crippen LogP contribution in [0.3, 0.4) is 0 Å². The number of furan rings is 1. The van der Waals surface area contributed by atoms with E-state index < -0.39 is 0 Å². The van der Waals surface area contributed by atoms with Crippen LogP contribution in [0.15, 0.2) is 33.7 Å². The van der Waals surface area contributed by atoms with Crippen LogP contribution in [0.2, 0.25) is 0 Å². The van der Waals surface area contributed by atoms with Crippen molar-refractivity contribution >= 4 is 5.91 Å². The fraction of sp³-hybridized carbons (Fsp3) is 0.333. The van der Waals surface area contributed by atoms with Gasteiger partial charge in [0.15, 0.2) is 0 Å². The Balaban J connectivity index is 1.72. The number of aromatic nitrogens is 1. The predicted octanol–water partition coefficient (Wildman–Crippen LogP) is 1.56. The van der Waals surface area contributed by atoms with Gasteiger partial charge in [0.2, 0.25) is 5.56 Å². The van der Waals surface area contributed by atoms with Gasteiger partial charge in [-0.2, -0.15) is 0 Å². The summed E-state index contributed by atoms with van der Waals surface area (Å²) in [5, 5.41) is 3.03. The number of aryl methyl sites for hydroxylation is 2. The monoisotopic (exact) mass is 272 g/mol. The summed E-state index contributed by atoms with van der Waals surface area (Å²) >= 11 is 0. The summed E-state index contributed by atoms with van der Waals surface area (Å²) < 4.78 is 5.14.